The van der Waals surface area contributed by atoms with E-state index in [1.54, 1.807) is 11.8 Å². The first-order chi connectivity index (χ1) is 6.81. The minimum absolute atomic E-state index is 0.160. The number of thioether (sulfide) groups is 1. The van der Waals surface area contributed by atoms with Gasteiger partial charge in [0.05, 0.1) is 19.5 Å². The summed E-state index contributed by atoms with van der Waals surface area (Å²) >= 11 is 1.60. The van der Waals surface area contributed by atoms with Gasteiger partial charge >= 0.3 is 5.97 Å². The maximum Gasteiger partial charge on any atom is 0.315 e. The Morgan fingerprint density at radius 1 is 1.21 bits per heavy atom. The standard InChI is InChI=1S/C10H19FO2S/c1-13-10(12)9-14-8-6-4-2-3-5-7-11/h2-9H2,1H3. The average Bonchev–Trinajstić information content (AvgIpc) is 2.21. The lowest BCUT2D eigenvalue weighted by molar-refractivity contribution is -0.137. The van der Waals surface area contributed by atoms with Gasteiger partial charge in [0.25, 0.3) is 0 Å². The minimum Gasteiger partial charge on any atom is -0.468 e. The van der Waals surface area contributed by atoms with Gasteiger partial charge in [0.1, 0.15) is 0 Å². The molecule has 0 aliphatic rings. The number of ether oxygens (including phenoxy) is 1. The van der Waals surface area contributed by atoms with E-state index in [2.05, 4.69) is 4.74 Å². The summed E-state index contributed by atoms with van der Waals surface area (Å²) in [6.45, 7) is -0.197. The smallest absolute Gasteiger partial charge is 0.315 e. The number of hydrogen-bond acceptors (Lipinski definition) is 3. The first kappa shape index (κ1) is 13.8. The van der Waals surface area contributed by atoms with E-state index in [0.717, 1.165) is 31.4 Å². The van der Waals surface area contributed by atoms with E-state index in [-0.39, 0.29) is 12.6 Å². The molecular weight excluding hydrogens is 203 g/mol. The molecule has 4 heteroatoms. The number of carbonyl (C=O) groups is 1. The number of esters is 1. The average molecular weight is 222 g/mol. The third-order valence-electron chi connectivity index (χ3n) is 1.87. The van der Waals surface area contributed by atoms with Gasteiger partial charge in [-0.3, -0.25) is 9.18 Å². The predicted octanol–water partition coefficient (Wildman–Crippen LogP) is 2.81. The van der Waals surface area contributed by atoms with Crippen molar-refractivity contribution >= 4 is 17.7 Å². The van der Waals surface area contributed by atoms with E-state index >= 15 is 0 Å². The van der Waals surface area contributed by atoms with Crippen LogP contribution in [0.2, 0.25) is 0 Å². The van der Waals surface area contributed by atoms with Crippen LogP contribution in [0.25, 0.3) is 0 Å². The van der Waals surface area contributed by atoms with Gasteiger partial charge in [-0.1, -0.05) is 19.3 Å². The molecule has 0 rings (SSSR count). The van der Waals surface area contributed by atoms with Gasteiger partial charge < -0.3 is 4.74 Å². The highest BCUT2D eigenvalue weighted by Crippen LogP contribution is 2.08. The fraction of sp³-hybridized carbons (Fsp3) is 0.900. The van der Waals surface area contributed by atoms with Crippen LogP contribution in [0.15, 0.2) is 0 Å². The lowest BCUT2D eigenvalue weighted by Gasteiger charge is -2.00. The molecule has 0 amide bonds. The van der Waals surface area contributed by atoms with E-state index in [1.165, 1.54) is 7.11 Å². The molecule has 0 unspecified atom stereocenters. The van der Waals surface area contributed by atoms with Crippen molar-refractivity contribution in [1.82, 2.24) is 0 Å². The molecule has 0 radical (unpaired) electrons. The molecule has 0 aromatic carbocycles. The van der Waals surface area contributed by atoms with Crippen LogP contribution in [0.3, 0.4) is 0 Å². The quantitative estimate of drug-likeness (QED) is 0.443. The number of rotatable bonds is 9. The maximum absolute atomic E-state index is 11.7. The molecule has 0 bridgehead atoms. The van der Waals surface area contributed by atoms with Gasteiger partial charge in [-0.05, 0) is 18.6 Å². The van der Waals surface area contributed by atoms with Crippen LogP contribution in [0.5, 0.6) is 0 Å². The van der Waals surface area contributed by atoms with Gasteiger partial charge in [0.15, 0.2) is 0 Å². The predicted molar refractivity (Wildman–Crippen MR) is 58.4 cm³/mol. The second-order valence-electron chi connectivity index (χ2n) is 3.09. The van der Waals surface area contributed by atoms with Crippen LogP contribution in [0.1, 0.15) is 32.1 Å². The molecular formula is C10H19FO2S. The zero-order chi connectivity index (χ0) is 10.6. The molecule has 0 N–H and O–H groups in total. The van der Waals surface area contributed by atoms with E-state index in [4.69, 9.17) is 0 Å². The van der Waals surface area contributed by atoms with Crippen molar-refractivity contribution < 1.29 is 13.9 Å². The van der Waals surface area contributed by atoms with E-state index < -0.39 is 0 Å². The zero-order valence-electron chi connectivity index (χ0n) is 8.76. The van der Waals surface area contributed by atoms with E-state index in [9.17, 15) is 9.18 Å². The van der Waals surface area contributed by atoms with E-state index in [0.29, 0.717) is 12.2 Å². The van der Waals surface area contributed by atoms with Crippen molar-refractivity contribution in [3.63, 3.8) is 0 Å². The zero-order valence-corrected chi connectivity index (χ0v) is 9.58. The van der Waals surface area contributed by atoms with Crippen LogP contribution in [0, 0.1) is 0 Å². The van der Waals surface area contributed by atoms with Gasteiger partial charge in [0.2, 0.25) is 0 Å². The molecule has 0 fully saturated rings. The highest BCUT2D eigenvalue weighted by Gasteiger charge is 1.98. The highest BCUT2D eigenvalue weighted by molar-refractivity contribution is 7.99. The lowest BCUT2D eigenvalue weighted by atomic mass is 10.2. The summed E-state index contributed by atoms with van der Waals surface area (Å²) in [7, 11) is 1.40. The molecule has 0 atom stereocenters. The second kappa shape index (κ2) is 10.8. The maximum atomic E-state index is 11.7. The monoisotopic (exact) mass is 222 g/mol. The Morgan fingerprint density at radius 2 is 1.86 bits per heavy atom. The number of carbonyl (C=O) groups excluding carboxylic acids is 1. The molecule has 2 nitrogen and oxygen atoms in total. The van der Waals surface area contributed by atoms with Crippen molar-refractivity contribution in [3.8, 4) is 0 Å². The number of methoxy groups -OCH3 is 1. The number of hydrogen-bond donors (Lipinski definition) is 0. The summed E-state index contributed by atoms with van der Waals surface area (Å²) in [5.41, 5.74) is 0. The summed E-state index contributed by atoms with van der Waals surface area (Å²) < 4.78 is 16.2. The van der Waals surface area contributed by atoms with Crippen molar-refractivity contribution in [1.29, 1.82) is 0 Å². The van der Waals surface area contributed by atoms with E-state index in [1.807, 2.05) is 0 Å². The summed E-state index contributed by atoms with van der Waals surface area (Å²) in [4.78, 5) is 10.7. The molecule has 0 spiro atoms. The lowest BCUT2D eigenvalue weighted by Crippen LogP contribution is -2.03. The van der Waals surface area contributed by atoms with Crippen LogP contribution in [-0.2, 0) is 9.53 Å². The Kier molecular flexibility index (Phi) is 10.6. The number of alkyl halides is 1. The molecule has 0 aliphatic carbocycles. The summed E-state index contributed by atoms with van der Waals surface area (Å²) in [5, 5.41) is 0. The second-order valence-corrected chi connectivity index (χ2v) is 4.19. The highest BCUT2D eigenvalue weighted by atomic mass is 32.2. The SMILES string of the molecule is COC(=O)CSCCCCCCCF. The first-order valence-electron chi connectivity index (χ1n) is 5.01. The summed E-state index contributed by atoms with van der Waals surface area (Å²) in [5.74, 6) is 1.28. The summed E-state index contributed by atoms with van der Waals surface area (Å²) in [6.07, 6.45) is 5.01. The summed E-state index contributed by atoms with van der Waals surface area (Å²) in [6, 6.07) is 0. The third-order valence-corrected chi connectivity index (χ3v) is 2.89. The van der Waals surface area contributed by atoms with Crippen LogP contribution < -0.4 is 0 Å². The molecule has 0 heterocycles. The molecule has 14 heavy (non-hydrogen) atoms. The molecule has 0 saturated heterocycles. The van der Waals surface area contributed by atoms with Crippen molar-refractivity contribution in [2.24, 2.45) is 0 Å². The molecule has 84 valence electrons. The topological polar surface area (TPSA) is 26.3 Å². The molecule has 0 saturated carbocycles. The minimum atomic E-state index is -0.197. The number of unbranched alkanes of at least 4 members (excludes halogenated alkanes) is 4. The fourth-order valence-electron chi connectivity index (χ4n) is 1.04. The van der Waals surface area contributed by atoms with Gasteiger partial charge in [-0.2, -0.15) is 11.8 Å². The Balaban J connectivity index is 2.95. The Bertz CT molecular complexity index is 142. The van der Waals surface area contributed by atoms with Crippen molar-refractivity contribution in [2.75, 3.05) is 25.3 Å². The van der Waals surface area contributed by atoms with Crippen LogP contribution in [0.4, 0.5) is 4.39 Å². The molecule has 0 aromatic rings. The van der Waals surface area contributed by atoms with Crippen LogP contribution >= 0.6 is 11.8 Å². The van der Waals surface area contributed by atoms with Gasteiger partial charge in [-0.25, -0.2) is 0 Å². The normalized spacial score (nSPS) is 10.1. The van der Waals surface area contributed by atoms with Gasteiger partial charge in [0, 0.05) is 0 Å². The largest absolute Gasteiger partial charge is 0.468 e. The van der Waals surface area contributed by atoms with Gasteiger partial charge in [-0.15, -0.1) is 0 Å². The molecule has 0 aliphatic heterocycles. The Morgan fingerprint density at radius 3 is 2.50 bits per heavy atom. The first-order valence-corrected chi connectivity index (χ1v) is 6.17. The number of halogens is 1. The Hall–Kier alpha value is -0.250. The van der Waals surface area contributed by atoms with Crippen molar-refractivity contribution in [3.05, 3.63) is 0 Å². The van der Waals surface area contributed by atoms with Crippen LogP contribution in [-0.4, -0.2) is 31.3 Å². The Labute approximate surface area is 89.6 Å². The third kappa shape index (κ3) is 9.84. The fourth-order valence-corrected chi connectivity index (χ4v) is 1.88. The molecule has 0 aromatic heterocycles. The van der Waals surface area contributed by atoms with Crippen molar-refractivity contribution in [2.45, 2.75) is 32.1 Å².